The van der Waals surface area contributed by atoms with E-state index in [1.165, 1.54) is 0 Å². The molecule has 5 atom stereocenters. The van der Waals surface area contributed by atoms with Crippen LogP contribution in [-0.2, 0) is 20.7 Å². The van der Waals surface area contributed by atoms with Crippen LogP contribution in [-0.4, -0.2) is 39.4 Å². The normalized spacial score (nSPS) is 22.9. The molecule has 1 aliphatic heterocycles. The first kappa shape index (κ1) is 23.6. The number of hydrogen-bond acceptors (Lipinski definition) is 6. The Hall–Kier alpha value is -1.68. The number of hydrogen-bond donors (Lipinski definition) is 1. The van der Waals surface area contributed by atoms with Crippen LogP contribution in [0.3, 0.4) is 0 Å². The van der Waals surface area contributed by atoms with E-state index < -0.39 is 29.7 Å². The second kappa shape index (κ2) is 10.9. The van der Waals surface area contributed by atoms with Crippen LogP contribution >= 0.6 is 0 Å². The zero-order chi connectivity index (χ0) is 21.4. The highest BCUT2D eigenvalue weighted by atomic mass is 32.2. The second-order valence-corrected chi connectivity index (χ2v) is 8.71. The minimum absolute atomic E-state index is 0.0418. The molecule has 0 aliphatic carbocycles. The summed E-state index contributed by atoms with van der Waals surface area (Å²) in [5.74, 6) is 0.667. The second-order valence-electron chi connectivity index (χ2n) is 8.01. The third-order valence-electron chi connectivity index (χ3n) is 4.34. The van der Waals surface area contributed by atoms with Gasteiger partial charge < -0.3 is 18.8 Å². The molecule has 0 aromatic heterocycles. The highest BCUT2D eigenvalue weighted by Crippen LogP contribution is 2.28. The number of rotatable bonds is 9. The molecule has 29 heavy (non-hydrogen) atoms. The highest BCUT2D eigenvalue weighted by Gasteiger charge is 2.29. The molecule has 0 spiro atoms. The molecule has 2 rings (SSSR count). The fourth-order valence-electron chi connectivity index (χ4n) is 3.17. The topological polar surface area (TPSA) is 129 Å². The van der Waals surface area contributed by atoms with Crippen molar-refractivity contribution in [2.45, 2.75) is 77.1 Å². The zero-order valence-corrected chi connectivity index (χ0v) is 18.1. The minimum atomic E-state index is -2.54. The van der Waals surface area contributed by atoms with Gasteiger partial charge in [0.1, 0.15) is 11.4 Å². The average molecular weight is 426 g/mol. The fourth-order valence-corrected chi connectivity index (χ4v) is 3.66. The van der Waals surface area contributed by atoms with Crippen LogP contribution in [0.5, 0.6) is 5.75 Å². The quantitative estimate of drug-likeness (QED) is 0.278. The highest BCUT2D eigenvalue weighted by molar-refractivity contribution is 7.77. The third-order valence-corrected chi connectivity index (χ3v) is 4.79. The Morgan fingerprint density at radius 2 is 2.07 bits per heavy atom. The Kier molecular flexibility index (Phi) is 8.88. The molecule has 1 aromatic rings. The van der Waals surface area contributed by atoms with Crippen molar-refractivity contribution in [2.24, 2.45) is 5.11 Å². The van der Waals surface area contributed by atoms with Gasteiger partial charge in [0.2, 0.25) is 0 Å². The summed E-state index contributed by atoms with van der Waals surface area (Å²) in [6, 6.07) is 6.33. The van der Waals surface area contributed by atoms with Gasteiger partial charge in [0, 0.05) is 16.2 Å². The number of benzene rings is 1. The number of azide groups is 1. The standard InChI is InChI=1S/C19H30N4O5S/c1-13-6-5-7-17(26-13)27-16(12-21-23-20)18(22-29(24)25)14-8-10-15(11-9-14)28-19(2,3)4/h8-11,13,16-18,22H,5-7,12H2,1-4H3,(H,24,25)/p-1/t13?,16?,17?,18-/m0/s1. The van der Waals surface area contributed by atoms with Gasteiger partial charge in [0.25, 0.3) is 0 Å². The molecule has 1 aromatic carbocycles. The molecule has 1 saturated heterocycles. The van der Waals surface area contributed by atoms with Crippen LogP contribution in [0.15, 0.2) is 29.4 Å². The Balaban J connectivity index is 2.24. The summed E-state index contributed by atoms with van der Waals surface area (Å²) >= 11 is -2.54. The SMILES string of the molecule is CC1CCCC(OC(CN=[N+]=[N-])[C@@H](NS(=O)[O-])c2ccc(OC(C)(C)C)cc2)O1. The van der Waals surface area contributed by atoms with Gasteiger partial charge in [-0.15, -0.1) is 0 Å². The lowest BCUT2D eigenvalue weighted by Crippen LogP contribution is -2.41. The van der Waals surface area contributed by atoms with Crippen molar-refractivity contribution in [3.05, 3.63) is 40.3 Å². The molecule has 1 fully saturated rings. The van der Waals surface area contributed by atoms with Gasteiger partial charge in [-0.25, -0.2) is 4.72 Å². The maximum atomic E-state index is 11.4. The van der Waals surface area contributed by atoms with Gasteiger partial charge >= 0.3 is 0 Å². The van der Waals surface area contributed by atoms with Gasteiger partial charge in [-0.3, -0.25) is 4.21 Å². The first-order valence-corrected chi connectivity index (χ1v) is 10.7. The van der Waals surface area contributed by atoms with Crippen LogP contribution in [0, 0.1) is 0 Å². The molecule has 1 N–H and O–H groups in total. The van der Waals surface area contributed by atoms with E-state index in [4.69, 9.17) is 19.7 Å². The van der Waals surface area contributed by atoms with Gasteiger partial charge in [0.15, 0.2) is 6.29 Å². The Morgan fingerprint density at radius 3 is 2.62 bits per heavy atom. The van der Waals surface area contributed by atoms with Crippen molar-refractivity contribution >= 4 is 11.3 Å². The largest absolute Gasteiger partial charge is 0.760 e. The van der Waals surface area contributed by atoms with Gasteiger partial charge in [-0.05, 0) is 70.2 Å². The van der Waals surface area contributed by atoms with Crippen molar-refractivity contribution in [1.29, 1.82) is 0 Å². The summed E-state index contributed by atoms with van der Waals surface area (Å²) in [4.78, 5) is 2.80. The number of nitrogens with zero attached hydrogens (tertiary/aromatic N) is 3. The maximum Gasteiger partial charge on any atom is 0.158 e. The van der Waals surface area contributed by atoms with E-state index in [1.807, 2.05) is 27.7 Å². The van der Waals surface area contributed by atoms with Crippen molar-refractivity contribution in [3.63, 3.8) is 0 Å². The molecule has 0 bridgehead atoms. The molecule has 1 aliphatic rings. The maximum absolute atomic E-state index is 11.4. The van der Waals surface area contributed by atoms with E-state index in [-0.39, 0.29) is 18.2 Å². The summed E-state index contributed by atoms with van der Waals surface area (Å²) < 4.78 is 43.0. The van der Waals surface area contributed by atoms with Crippen molar-refractivity contribution < 1.29 is 23.0 Å². The van der Waals surface area contributed by atoms with Gasteiger partial charge in [-0.1, -0.05) is 17.2 Å². The van der Waals surface area contributed by atoms with Gasteiger partial charge in [0.05, 0.1) is 24.8 Å². The van der Waals surface area contributed by atoms with E-state index >= 15 is 0 Å². The number of ether oxygens (including phenoxy) is 3. The predicted octanol–water partition coefficient (Wildman–Crippen LogP) is 3.90. The molecular formula is C19H29N4O5S-. The summed E-state index contributed by atoms with van der Waals surface area (Å²) in [5, 5.41) is 3.61. The van der Waals surface area contributed by atoms with Crippen LogP contribution in [0.1, 0.15) is 58.6 Å². The van der Waals surface area contributed by atoms with E-state index in [2.05, 4.69) is 14.7 Å². The van der Waals surface area contributed by atoms with Crippen molar-refractivity contribution in [2.75, 3.05) is 6.54 Å². The van der Waals surface area contributed by atoms with Crippen LogP contribution in [0.25, 0.3) is 10.4 Å². The molecule has 10 heteroatoms. The van der Waals surface area contributed by atoms with Crippen molar-refractivity contribution in [1.82, 2.24) is 4.72 Å². The van der Waals surface area contributed by atoms with E-state index in [9.17, 15) is 8.76 Å². The number of nitrogens with one attached hydrogen (secondary N) is 1. The molecule has 0 amide bonds. The molecule has 4 unspecified atom stereocenters. The molecule has 0 radical (unpaired) electrons. The predicted molar refractivity (Wildman–Crippen MR) is 109 cm³/mol. The van der Waals surface area contributed by atoms with E-state index in [0.29, 0.717) is 17.7 Å². The first-order chi connectivity index (χ1) is 13.7. The third kappa shape index (κ3) is 8.30. The lowest BCUT2D eigenvalue weighted by molar-refractivity contribution is -0.213. The van der Waals surface area contributed by atoms with Crippen molar-refractivity contribution in [3.8, 4) is 5.75 Å². The summed E-state index contributed by atoms with van der Waals surface area (Å²) in [6.07, 6.45) is 1.44. The molecule has 9 nitrogen and oxygen atoms in total. The summed E-state index contributed by atoms with van der Waals surface area (Å²) in [6.45, 7) is 7.76. The lowest BCUT2D eigenvalue weighted by Gasteiger charge is -2.34. The van der Waals surface area contributed by atoms with Crippen LogP contribution < -0.4 is 9.46 Å². The van der Waals surface area contributed by atoms with Gasteiger partial charge in [-0.2, -0.15) is 0 Å². The Morgan fingerprint density at radius 1 is 1.38 bits per heavy atom. The Bertz CT molecular complexity index is 718. The molecule has 162 valence electrons. The Labute approximate surface area is 174 Å². The average Bonchev–Trinajstić information content (AvgIpc) is 2.63. The van der Waals surface area contributed by atoms with Crippen LogP contribution in [0.2, 0.25) is 0 Å². The summed E-state index contributed by atoms with van der Waals surface area (Å²) in [7, 11) is 0. The van der Waals surface area contributed by atoms with E-state index in [1.54, 1.807) is 24.3 Å². The zero-order valence-electron chi connectivity index (χ0n) is 17.2. The van der Waals surface area contributed by atoms with E-state index in [0.717, 1.165) is 12.8 Å². The molecule has 1 heterocycles. The molecular weight excluding hydrogens is 396 g/mol. The smallest absolute Gasteiger partial charge is 0.158 e. The van der Waals surface area contributed by atoms with Crippen LogP contribution in [0.4, 0.5) is 0 Å². The summed E-state index contributed by atoms with van der Waals surface area (Å²) in [5.41, 5.74) is 9.07. The molecule has 0 saturated carbocycles. The fraction of sp³-hybridized carbons (Fsp3) is 0.684. The first-order valence-electron chi connectivity index (χ1n) is 9.64. The monoisotopic (exact) mass is 425 g/mol. The lowest BCUT2D eigenvalue weighted by atomic mass is 10.0. The minimum Gasteiger partial charge on any atom is -0.760 e.